The Morgan fingerprint density at radius 2 is 2.08 bits per heavy atom. The van der Waals surface area contributed by atoms with Gasteiger partial charge in [0.25, 0.3) is 0 Å². The molecule has 0 saturated heterocycles. The Hall–Kier alpha value is -1.85. The van der Waals surface area contributed by atoms with Gasteiger partial charge in [-0.1, -0.05) is 0 Å². The van der Waals surface area contributed by atoms with E-state index in [1.54, 1.807) is 20.3 Å². The van der Waals surface area contributed by atoms with Crippen molar-refractivity contribution in [2.24, 2.45) is 0 Å². The Morgan fingerprint density at radius 1 is 1.23 bits per heavy atom. The summed E-state index contributed by atoms with van der Waals surface area (Å²) in [7, 11) is 3.57. The number of hydrogen-bond donors (Lipinski definition) is 3. The second-order valence-electron chi connectivity index (χ2n) is 2.52. The molecule has 0 spiro atoms. The molecule has 0 aliphatic carbocycles. The highest BCUT2D eigenvalue weighted by Crippen LogP contribution is 2.11. The molecular weight excluding hydrogens is 168 g/mol. The van der Waals surface area contributed by atoms with Crippen LogP contribution in [-0.2, 0) is 0 Å². The molecule has 0 aliphatic rings. The Labute approximate surface area is 74.8 Å². The van der Waals surface area contributed by atoms with Crippen LogP contribution in [0.5, 0.6) is 0 Å². The van der Waals surface area contributed by atoms with Gasteiger partial charge in [-0.05, 0) is 0 Å². The summed E-state index contributed by atoms with van der Waals surface area (Å²) in [5, 5.41) is 5.75. The molecule has 2 aromatic rings. The van der Waals surface area contributed by atoms with Crippen molar-refractivity contribution in [3.63, 3.8) is 0 Å². The van der Waals surface area contributed by atoms with Crippen LogP contribution in [0.3, 0.4) is 0 Å². The molecule has 0 aliphatic heterocycles. The number of rotatable bonds is 2. The van der Waals surface area contributed by atoms with Gasteiger partial charge in [-0.25, -0.2) is 4.98 Å². The van der Waals surface area contributed by atoms with Crippen molar-refractivity contribution in [2.45, 2.75) is 0 Å². The van der Waals surface area contributed by atoms with E-state index in [0.29, 0.717) is 17.5 Å². The molecule has 3 N–H and O–H groups in total. The monoisotopic (exact) mass is 178 g/mol. The molecule has 2 heterocycles. The number of nitrogens with one attached hydrogen (secondary N) is 3. The topological polar surface area (TPSA) is 78.5 Å². The molecule has 0 aromatic carbocycles. The lowest BCUT2D eigenvalue weighted by atomic mass is 10.6. The highest BCUT2D eigenvalue weighted by atomic mass is 15.2. The molecule has 68 valence electrons. The van der Waals surface area contributed by atoms with Crippen molar-refractivity contribution < 1.29 is 0 Å². The minimum atomic E-state index is 0.571. The number of aromatic nitrogens is 4. The van der Waals surface area contributed by atoms with Crippen LogP contribution in [0.1, 0.15) is 0 Å². The molecule has 6 heteroatoms. The normalized spacial score (nSPS) is 10.3. The van der Waals surface area contributed by atoms with Gasteiger partial charge in [-0.2, -0.15) is 9.97 Å². The molecule has 0 unspecified atom stereocenters. The van der Waals surface area contributed by atoms with Gasteiger partial charge >= 0.3 is 0 Å². The first-order valence-corrected chi connectivity index (χ1v) is 3.91. The first-order chi connectivity index (χ1) is 6.33. The summed E-state index contributed by atoms with van der Waals surface area (Å²) in [5.41, 5.74) is 1.48. The van der Waals surface area contributed by atoms with E-state index >= 15 is 0 Å². The van der Waals surface area contributed by atoms with Gasteiger partial charge in [0.2, 0.25) is 11.9 Å². The molecule has 0 radical (unpaired) electrons. The fourth-order valence-corrected chi connectivity index (χ4v) is 1.05. The molecule has 0 amide bonds. The van der Waals surface area contributed by atoms with Crippen molar-refractivity contribution in [3.8, 4) is 0 Å². The number of hydrogen-bond acceptors (Lipinski definition) is 5. The molecule has 0 atom stereocenters. The second-order valence-corrected chi connectivity index (χ2v) is 2.52. The number of anilines is 2. The van der Waals surface area contributed by atoms with E-state index in [1.165, 1.54) is 0 Å². The summed E-state index contributed by atoms with van der Waals surface area (Å²) < 4.78 is 0. The first kappa shape index (κ1) is 7.78. The van der Waals surface area contributed by atoms with E-state index in [-0.39, 0.29) is 0 Å². The SMILES string of the molecule is CNc1ncc2[nH]c(NC)nc2n1. The maximum atomic E-state index is 4.18. The van der Waals surface area contributed by atoms with Crippen LogP contribution < -0.4 is 10.6 Å². The van der Waals surface area contributed by atoms with Gasteiger partial charge < -0.3 is 15.6 Å². The van der Waals surface area contributed by atoms with Crippen LogP contribution in [0.4, 0.5) is 11.9 Å². The van der Waals surface area contributed by atoms with Crippen LogP contribution in [-0.4, -0.2) is 34.0 Å². The average Bonchev–Trinajstić information content (AvgIpc) is 2.58. The highest BCUT2D eigenvalue weighted by molar-refractivity contribution is 5.73. The van der Waals surface area contributed by atoms with Gasteiger partial charge in [0.05, 0.1) is 6.20 Å². The van der Waals surface area contributed by atoms with Gasteiger partial charge in [-0.15, -0.1) is 0 Å². The van der Waals surface area contributed by atoms with Gasteiger partial charge in [0, 0.05) is 14.1 Å². The predicted molar refractivity (Wildman–Crippen MR) is 50.8 cm³/mol. The number of nitrogens with zero attached hydrogens (tertiary/aromatic N) is 3. The quantitative estimate of drug-likeness (QED) is 0.621. The smallest absolute Gasteiger partial charge is 0.224 e. The van der Waals surface area contributed by atoms with E-state index < -0.39 is 0 Å². The lowest BCUT2D eigenvalue weighted by Crippen LogP contribution is -1.95. The Bertz CT molecular complexity index is 418. The minimum absolute atomic E-state index is 0.571. The standard InChI is InChI=1S/C7H10N6/c1-8-6-10-3-4-5(12-6)13-7(9-2)11-4/h3H,1-2H3,(H3,8,9,10,11,12,13). The molecule has 2 rings (SSSR count). The average molecular weight is 178 g/mol. The number of imidazole rings is 1. The summed E-state index contributed by atoms with van der Waals surface area (Å²) in [6.07, 6.45) is 1.70. The van der Waals surface area contributed by atoms with E-state index in [1.807, 2.05) is 0 Å². The maximum absolute atomic E-state index is 4.18. The van der Waals surface area contributed by atoms with Crippen molar-refractivity contribution in [1.82, 2.24) is 19.9 Å². The zero-order valence-electron chi connectivity index (χ0n) is 7.42. The van der Waals surface area contributed by atoms with Crippen molar-refractivity contribution in [3.05, 3.63) is 6.20 Å². The minimum Gasteiger partial charge on any atom is -0.359 e. The maximum Gasteiger partial charge on any atom is 0.224 e. The van der Waals surface area contributed by atoms with Crippen LogP contribution in [0.15, 0.2) is 6.20 Å². The van der Waals surface area contributed by atoms with Crippen LogP contribution in [0, 0.1) is 0 Å². The van der Waals surface area contributed by atoms with E-state index in [0.717, 1.165) is 5.52 Å². The fraction of sp³-hybridized carbons (Fsp3) is 0.286. The molecule has 0 fully saturated rings. The third-order valence-electron chi connectivity index (χ3n) is 1.70. The van der Waals surface area contributed by atoms with Gasteiger partial charge in [0.1, 0.15) is 5.52 Å². The number of H-pyrrole nitrogens is 1. The van der Waals surface area contributed by atoms with E-state index in [2.05, 4.69) is 30.6 Å². The summed E-state index contributed by atoms with van der Waals surface area (Å²) in [5.74, 6) is 1.26. The lowest BCUT2D eigenvalue weighted by Gasteiger charge is -1.94. The Balaban J connectivity index is 2.57. The molecule has 13 heavy (non-hydrogen) atoms. The zero-order valence-corrected chi connectivity index (χ0v) is 7.42. The second kappa shape index (κ2) is 2.89. The van der Waals surface area contributed by atoms with Crippen LogP contribution >= 0.6 is 0 Å². The van der Waals surface area contributed by atoms with Crippen LogP contribution in [0.25, 0.3) is 11.2 Å². The summed E-state index contributed by atoms with van der Waals surface area (Å²) in [6.45, 7) is 0. The first-order valence-electron chi connectivity index (χ1n) is 3.91. The molecule has 0 bridgehead atoms. The zero-order chi connectivity index (χ0) is 9.26. The van der Waals surface area contributed by atoms with Crippen molar-refractivity contribution >= 4 is 23.1 Å². The summed E-state index contributed by atoms with van der Waals surface area (Å²) in [4.78, 5) is 15.4. The molecule has 6 nitrogen and oxygen atoms in total. The van der Waals surface area contributed by atoms with Crippen LogP contribution in [0.2, 0.25) is 0 Å². The number of fused-ring (bicyclic) bond motifs is 1. The van der Waals surface area contributed by atoms with Gasteiger partial charge in [-0.3, -0.25) is 0 Å². The van der Waals surface area contributed by atoms with Crippen molar-refractivity contribution in [1.29, 1.82) is 0 Å². The predicted octanol–water partition coefficient (Wildman–Crippen LogP) is 0.436. The molecule has 0 saturated carbocycles. The molecular formula is C7H10N6. The highest BCUT2D eigenvalue weighted by Gasteiger charge is 2.03. The van der Waals surface area contributed by atoms with E-state index in [4.69, 9.17) is 0 Å². The Kier molecular flexibility index (Phi) is 1.73. The van der Waals surface area contributed by atoms with Gasteiger partial charge in [0.15, 0.2) is 5.65 Å². The van der Waals surface area contributed by atoms with E-state index in [9.17, 15) is 0 Å². The summed E-state index contributed by atoms with van der Waals surface area (Å²) >= 11 is 0. The third kappa shape index (κ3) is 1.26. The third-order valence-corrected chi connectivity index (χ3v) is 1.70. The Morgan fingerprint density at radius 3 is 2.77 bits per heavy atom. The fourth-order valence-electron chi connectivity index (χ4n) is 1.05. The summed E-state index contributed by atoms with van der Waals surface area (Å²) in [6, 6.07) is 0. The lowest BCUT2D eigenvalue weighted by molar-refractivity contribution is 1.18. The largest absolute Gasteiger partial charge is 0.359 e. The van der Waals surface area contributed by atoms with Crippen molar-refractivity contribution in [2.75, 3.05) is 24.7 Å². The number of aromatic amines is 1. The molecule has 2 aromatic heterocycles.